The van der Waals surface area contributed by atoms with Crippen molar-refractivity contribution in [1.29, 1.82) is 0 Å². The molecule has 2 heterocycles. The van der Waals surface area contributed by atoms with Gasteiger partial charge in [0.25, 0.3) is 5.91 Å². The fraction of sp³-hybridized carbons (Fsp3) is 0.130. The number of carbonyl (C=O) groups is 2. The van der Waals surface area contributed by atoms with Crippen LogP contribution in [0.3, 0.4) is 0 Å². The number of hydrogen-bond donors (Lipinski definition) is 0. The third kappa shape index (κ3) is 2.98. The molecular formula is C23H16Cl2N2O3. The van der Waals surface area contributed by atoms with Gasteiger partial charge in [-0.3, -0.25) is 14.4 Å². The third-order valence-electron chi connectivity index (χ3n) is 5.42. The van der Waals surface area contributed by atoms with Gasteiger partial charge < -0.3 is 0 Å². The van der Waals surface area contributed by atoms with E-state index in [1.54, 1.807) is 47.5 Å². The number of hydrogen-bond acceptors (Lipinski definition) is 4. The van der Waals surface area contributed by atoms with E-state index in [0.29, 0.717) is 21.3 Å². The number of amides is 2. The highest BCUT2D eigenvalue weighted by molar-refractivity contribution is 6.35. The Labute approximate surface area is 183 Å². The van der Waals surface area contributed by atoms with E-state index in [4.69, 9.17) is 28.0 Å². The summed E-state index contributed by atoms with van der Waals surface area (Å²) in [6.07, 6.45) is -0.936. The molecule has 0 aliphatic carbocycles. The molecule has 0 saturated carbocycles. The molecule has 0 bridgehead atoms. The number of rotatable bonds is 3. The molecule has 2 fully saturated rings. The molecule has 2 aliphatic heterocycles. The molecule has 0 aromatic heterocycles. The van der Waals surface area contributed by atoms with Gasteiger partial charge in [-0.1, -0.05) is 65.7 Å². The SMILES string of the molecule is O=C1C2ON(c3ccccc3)C(c3ccc(Cl)cc3Cl)C2C(=O)N1c1ccccc1. The molecule has 3 aromatic rings. The lowest BCUT2D eigenvalue weighted by Crippen LogP contribution is -2.37. The van der Waals surface area contributed by atoms with Crippen LogP contribution in [0.4, 0.5) is 11.4 Å². The lowest BCUT2D eigenvalue weighted by Gasteiger charge is -2.29. The second-order valence-corrected chi connectivity index (χ2v) is 8.01. The highest BCUT2D eigenvalue weighted by Gasteiger charge is 2.60. The molecule has 30 heavy (non-hydrogen) atoms. The summed E-state index contributed by atoms with van der Waals surface area (Å²) in [7, 11) is 0. The minimum atomic E-state index is -0.936. The normalized spacial score (nSPS) is 23.2. The number of para-hydroxylation sites is 2. The summed E-state index contributed by atoms with van der Waals surface area (Å²) in [5.74, 6) is -1.44. The summed E-state index contributed by atoms with van der Waals surface area (Å²) < 4.78 is 0. The molecular weight excluding hydrogens is 423 g/mol. The van der Waals surface area contributed by atoms with E-state index in [1.807, 2.05) is 36.4 Å². The molecule has 2 saturated heterocycles. The van der Waals surface area contributed by atoms with E-state index in [0.717, 1.165) is 5.69 Å². The molecule has 0 radical (unpaired) electrons. The van der Waals surface area contributed by atoms with E-state index >= 15 is 0 Å². The van der Waals surface area contributed by atoms with Crippen molar-refractivity contribution in [2.45, 2.75) is 12.1 Å². The maximum Gasteiger partial charge on any atom is 0.266 e. The largest absolute Gasteiger partial charge is 0.273 e. The number of halogens is 2. The molecule has 2 amide bonds. The molecule has 3 aromatic carbocycles. The fourth-order valence-electron chi connectivity index (χ4n) is 4.10. The fourth-order valence-corrected chi connectivity index (χ4v) is 4.62. The van der Waals surface area contributed by atoms with Gasteiger partial charge >= 0.3 is 0 Å². The zero-order chi connectivity index (χ0) is 20.8. The summed E-state index contributed by atoms with van der Waals surface area (Å²) in [6, 6.07) is 22.8. The van der Waals surface area contributed by atoms with E-state index in [-0.39, 0.29) is 11.8 Å². The minimum Gasteiger partial charge on any atom is -0.273 e. The highest BCUT2D eigenvalue weighted by atomic mass is 35.5. The smallest absolute Gasteiger partial charge is 0.266 e. The molecule has 7 heteroatoms. The van der Waals surface area contributed by atoms with E-state index in [2.05, 4.69) is 0 Å². The Balaban J connectivity index is 1.62. The zero-order valence-electron chi connectivity index (χ0n) is 15.6. The van der Waals surface area contributed by atoms with Crippen LogP contribution in [0, 0.1) is 5.92 Å². The van der Waals surface area contributed by atoms with Gasteiger partial charge in [-0.05, 0) is 42.0 Å². The van der Waals surface area contributed by atoms with Gasteiger partial charge in [-0.25, -0.2) is 9.96 Å². The molecule has 0 spiro atoms. The molecule has 0 N–H and O–H groups in total. The van der Waals surface area contributed by atoms with Gasteiger partial charge in [0.05, 0.1) is 17.4 Å². The standard InChI is InChI=1S/C23H16Cl2N2O3/c24-14-11-12-17(18(25)13-14)20-19-21(30-27(20)16-9-5-2-6-10-16)23(29)26(22(19)28)15-7-3-1-4-8-15/h1-13,19-21H. The van der Waals surface area contributed by atoms with Crippen molar-refractivity contribution in [1.82, 2.24) is 0 Å². The number of benzene rings is 3. The molecule has 5 nitrogen and oxygen atoms in total. The maximum absolute atomic E-state index is 13.5. The molecule has 5 rings (SSSR count). The maximum atomic E-state index is 13.5. The van der Waals surface area contributed by atoms with Crippen molar-refractivity contribution in [3.8, 4) is 0 Å². The van der Waals surface area contributed by atoms with Gasteiger partial charge in [-0.2, -0.15) is 0 Å². The lowest BCUT2D eigenvalue weighted by atomic mass is 9.90. The second-order valence-electron chi connectivity index (χ2n) is 7.17. The average Bonchev–Trinajstić information content (AvgIpc) is 3.26. The molecule has 3 atom stereocenters. The quantitative estimate of drug-likeness (QED) is 0.537. The van der Waals surface area contributed by atoms with Crippen LogP contribution in [0.5, 0.6) is 0 Å². The van der Waals surface area contributed by atoms with Crippen LogP contribution in [0.15, 0.2) is 78.9 Å². The summed E-state index contributed by atoms with van der Waals surface area (Å²) in [6.45, 7) is 0. The first-order chi connectivity index (χ1) is 14.6. The Morgan fingerprint density at radius 3 is 2.03 bits per heavy atom. The third-order valence-corrected chi connectivity index (χ3v) is 5.98. The number of nitrogens with zero attached hydrogens (tertiary/aromatic N) is 2. The topological polar surface area (TPSA) is 49.9 Å². The number of fused-ring (bicyclic) bond motifs is 1. The van der Waals surface area contributed by atoms with Crippen LogP contribution in [-0.4, -0.2) is 17.9 Å². The Hall–Kier alpha value is -2.86. The number of hydroxylamine groups is 1. The zero-order valence-corrected chi connectivity index (χ0v) is 17.1. The first-order valence-corrected chi connectivity index (χ1v) is 10.2. The van der Waals surface area contributed by atoms with E-state index in [1.165, 1.54) is 4.90 Å². The summed E-state index contributed by atoms with van der Waals surface area (Å²) >= 11 is 12.6. The molecule has 150 valence electrons. The van der Waals surface area contributed by atoms with Crippen LogP contribution in [-0.2, 0) is 14.4 Å². The van der Waals surface area contributed by atoms with Crippen molar-refractivity contribution in [2.75, 3.05) is 9.96 Å². The van der Waals surface area contributed by atoms with Gasteiger partial charge in [0.1, 0.15) is 5.92 Å². The van der Waals surface area contributed by atoms with Crippen LogP contribution < -0.4 is 9.96 Å². The number of carbonyl (C=O) groups excluding carboxylic acids is 2. The van der Waals surface area contributed by atoms with Crippen molar-refractivity contribution < 1.29 is 14.4 Å². The van der Waals surface area contributed by atoms with Crippen molar-refractivity contribution in [2.24, 2.45) is 5.92 Å². The predicted octanol–water partition coefficient (Wildman–Crippen LogP) is 5.04. The van der Waals surface area contributed by atoms with E-state index < -0.39 is 18.1 Å². The Kier molecular flexibility index (Phi) is 4.74. The number of imide groups is 1. The lowest BCUT2D eigenvalue weighted by molar-refractivity contribution is -0.126. The average molecular weight is 439 g/mol. The van der Waals surface area contributed by atoms with Crippen molar-refractivity contribution in [3.05, 3.63) is 94.5 Å². The first kappa shape index (κ1) is 19.1. The van der Waals surface area contributed by atoms with Gasteiger partial charge in [0.2, 0.25) is 5.91 Å². The van der Waals surface area contributed by atoms with Gasteiger partial charge in [0, 0.05) is 10.0 Å². The monoisotopic (exact) mass is 438 g/mol. The summed E-state index contributed by atoms with van der Waals surface area (Å²) in [4.78, 5) is 33.9. The number of anilines is 2. The van der Waals surface area contributed by atoms with Crippen LogP contribution >= 0.6 is 23.2 Å². The molecule has 3 unspecified atom stereocenters. The van der Waals surface area contributed by atoms with Crippen LogP contribution in [0.2, 0.25) is 10.0 Å². The Bertz CT molecular complexity index is 1120. The molecule has 2 aliphatic rings. The minimum absolute atomic E-state index is 0.314. The Morgan fingerprint density at radius 2 is 1.40 bits per heavy atom. The van der Waals surface area contributed by atoms with E-state index in [9.17, 15) is 9.59 Å². The van der Waals surface area contributed by atoms with Crippen LogP contribution in [0.1, 0.15) is 11.6 Å². The Morgan fingerprint density at radius 1 is 0.767 bits per heavy atom. The predicted molar refractivity (Wildman–Crippen MR) is 115 cm³/mol. The van der Waals surface area contributed by atoms with Crippen LogP contribution in [0.25, 0.3) is 0 Å². The second kappa shape index (κ2) is 7.43. The summed E-state index contributed by atoms with van der Waals surface area (Å²) in [5, 5.41) is 2.52. The van der Waals surface area contributed by atoms with Crippen molar-refractivity contribution in [3.63, 3.8) is 0 Å². The summed E-state index contributed by atoms with van der Waals surface area (Å²) in [5.41, 5.74) is 1.93. The van der Waals surface area contributed by atoms with Gasteiger partial charge in [0.15, 0.2) is 6.10 Å². The first-order valence-electron chi connectivity index (χ1n) is 9.45. The van der Waals surface area contributed by atoms with Gasteiger partial charge in [-0.15, -0.1) is 0 Å². The highest BCUT2D eigenvalue weighted by Crippen LogP contribution is 2.49. The van der Waals surface area contributed by atoms with Crippen molar-refractivity contribution >= 4 is 46.4 Å².